The second kappa shape index (κ2) is 10.4. The van der Waals surface area contributed by atoms with E-state index in [0.29, 0.717) is 0 Å². The van der Waals surface area contributed by atoms with Gasteiger partial charge in [0.2, 0.25) is 10.0 Å². The molecular formula is C17H17F3N2O6S2. The quantitative estimate of drug-likeness (QED) is 0.520. The van der Waals surface area contributed by atoms with E-state index in [2.05, 4.69) is 14.8 Å². The molecule has 0 bridgehead atoms. The van der Waals surface area contributed by atoms with Gasteiger partial charge in [0.25, 0.3) is 5.91 Å². The van der Waals surface area contributed by atoms with Crippen molar-refractivity contribution in [2.24, 2.45) is 0 Å². The van der Waals surface area contributed by atoms with Crippen LogP contribution in [-0.2, 0) is 30.9 Å². The van der Waals surface area contributed by atoms with Gasteiger partial charge in [-0.3, -0.25) is 9.59 Å². The van der Waals surface area contributed by atoms with Gasteiger partial charge in [0.15, 0.2) is 6.61 Å². The molecule has 0 atom stereocenters. The predicted molar refractivity (Wildman–Crippen MR) is 100 cm³/mol. The predicted octanol–water partition coefficient (Wildman–Crippen LogP) is 2.17. The van der Waals surface area contributed by atoms with Gasteiger partial charge < -0.3 is 14.8 Å². The molecule has 30 heavy (non-hydrogen) atoms. The van der Waals surface area contributed by atoms with Crippen molar-refractivity contribution in [3.63, 3.8) is 0 Å². The summed E-state index contributed by atoms with van der Waals surface area (Å²) in [7, 11) is -3.71. The lowest BCUT2D eigenvalue weighted by Crippen LogP contribution is -2.30. The molecule has 0 spiro atoms. The summed E-state index contributed by atoms with van der Waals surface area (Å²) in [5.41, 5.74) is 0.0810. The van der Waals surface area contributed by atoms with Crippen LogP contribution in [0.1, 0.15) is 12.0 Å². The number of ether oxygens (including phenoxy) is 2. The van der Waals surface area contributed by atoms with Gasteiger partial charge in [0, 0.05) is 18.7 Å². The maximum atomic E-state index is 12.4. The van der Waals surface area contributed by atoms with Gasteiger partial charge in [0.1, 0.15) is 9.96 Å². The highest BCUT2D eigenvalue weighted by Gasteiger charge is 2.32. The van der Waals surface area contributed by atoms with Gasteiger partial charge in [-0.25, -0.2) is 13.1 Å². The summed E-state index contributed by atoms with van der Waals surface area (Å²) in [4.78, 5) is 23.4. The van der Waals surface area contributed by atoms with Gasteiger partial charge in [-0.15, -0.1) is 24.5 Å². The van der Waals surface area contributed by atoms with Crippen LogP contribution in [0, 0.1) is 0 Å². The normalized spacial score (nSPS) is 11.7. The number of esters is 1. The van der Waals surface area contributed by atoms with Crippen LogP contribution in [0.15, 0.2) is 46.0 Å². The number of rotatable bonds is 10. The number of thiophene rings is 1. The molecule has 0 aliphatic rings. The van der Waals surface area contributed by atoms with Crippen molar-refractivity contribution in [2.75, 3.05) is 13.2 Å². The maximum absolute atomic E-state index is 12.4. The Bertz CT molecular complexity index is 962. The molecule has 2 aromatic rings. The van der Waals surface area contributed by atoms with Crippen molar-refractivity contribution >= 4 is 33.2 Å². The van der Waals surface area contributed by atoms with Gasteiger partial charge in [-0.2, -0.15) is 0 Å². The molecular weight excluding hydrogens is 449 g/mol. The molecule has 1 aromatic carbocycles. The van der Waals surface area contributed by atoms with E-state index in [1.807, 2.05) is 0 Å². The number of carbonyl (C=O) groups is 2. The Kier molecular flexibility index (Phi) is 8.20. The third kappa shape index (κ3) is 8.00. The molecule has 0 saturated heterocycles. The van der Waals surface area contributed by atoms with E-state index in [-0.39, 0.29) is 29.3 Å². The lowest BCUT2D eigenvalue weighted by atomic mass is 10.2. The third-order valence-electron chi connectivity index (χ3n) is 3.42. The smallest absolute Gasteiger partial charge is 0.456 e. The molecule has 2 N–H and O–H groups in total. The van der Waals surface area contributed by atoms with Crippen LogP contribution in [0.4, 0.5) is 13.2 Å². The number of nitrogens with one attached hydrogen (secondary N) is 2. The van der Waals surface area contributed by atoms with E-state index in [1.165, 1.54) is 24.3 Å². The average molecular weight is 466 g/mol. The number of hydrogen-bond donors (Lipinski definition) is 2. The van der Waals surface area contributed by atoms with Crippen molar-refractivity contribution in [1.82, 2.24) is 10.0 Å². The van der Waals surface area contributed by atoms with Crippen LogP contribution in [0.5, 0.6) is 5.75 Å². The summed E-state index contributed by atoms with van der Waals surface area (Å²) in [5, 5.41) is 3.90. The van der Waals surface area contributed by atoms with E-state index < -0.39 is 40.6 Å². The molecule has 1 amide bonds. The molecule has 0 unspecified atom stereocenters. The van der Waals surface area contributed by atoms with Gasteiger partial charge in [-0.1, -0.05) is 24.3 Å². The van der Waals surface area contributed by atoms with E-state index in [4.69, 9.17) is 4.74 Å². The van der Waals surface area contributed by atoms with Crippen LogP contribution in [0.2, 0.25) is 0 Å². The summed E-state index contributed by atoms with van der Waals surface area (Å²) in [6.45, 7) is -1.16. The van der Waals surface area contributed by atoms with Gasteiger partial charge in [-0.05, 0) is 17.5 Å². The Morgan fingerprint density at radius 3 is 2.50 bits per heavy atom. The molecule has 0 fully saturated rings. The zero-order chi connectivity index (χ0) is 22.2. The first-order chi connectivity index (χ1) is 14.1. The molecule has 164 valence electrons. The SMILES string of the molecule is O=C(COC(=O)CCNS(=O)(=O)c1cccs1)NCc1ccccc1OC(F)(F)F. The van der Waals surface area contributed by atoms with Gasteiger partial charge >= 0.3 is 12.3 Å². The average Bonchev–Trinajstić information content (AvgIpc) is 3.20. The monoisotopic (exact) mass is 466 g/mol. The summed E-state index contributed by atoms with van der Waals surface area (Å²) in [6.07, 6.45) is -5.18. The van der Waals surface area contributed by atoms with Crippen LogP contribution in [0.25, 0.3) is 0 Å². The standard InChI is InChI=1S/C17H17F3N2O6S2/c18-17(19,20)28-13-5-2-1-4-12(13)10-21-14(23)11-27-15(24)7-8-22-30(25,26)16-6-3-9-29-16/h1-6,9,22H,7-8,10-11H2,(H,21,23). The largest absolute Gasteiger partial charge is 0.573 e. The minimum Gasteiger partial charge on any atom is -0.456 e. The zero-order valence-corrected chi connectivity index (χ0v) is 16.9. The fraction of sp³-hybridized carbons (Fsp3) is 0.294. The summed E-state index contributed by atoms with van der Waals surface area (Å²) in [6, 6.07) is 8.25. The first-order valence-corrected chi connectivity index (χ1v) is 10.7. The second-order valence-electron chi connectivity index (χ2n) is 5.67. The number of para-hydroxylation sites is 1. The number of halogens is 3. The molecule has 1 aromatic heterocycles. The minimum atomic E-state index is -4.87. The summed E-state index contributed by atoms with van der Waals surface area (Å²) >= 11 is 1.02. The van der Waals surface area contributed by atoms with Crippen molar-refractivity contribution < 1.29 is 40.7 Å². The van der Waals surface area contributed by atoms with Crippen molar-refractivity contribution in [2.45, 2.75) is 23.5 Å². The van der Waals surface area contributed by atoms with E-state index >= 15 is 0 Å². The Hall–Kier alpha value is -2.64. The molecule has 0 radical (unpaired) electrons. The lowest BCUT2D eigenvalue weighted by Gasteiger charge is -2.13. The highest BCUT2D eigenvalue weighted by Crippen LogP contribution is 2.26. The Labute approximate surface area is 174 Å². The number of amides is 1. The van der Waals surface area contributed by atoms with E-state index in [1.54, 1.807) is 11.4 Å². The van der Waals surface area contributed by atoms with E-state index in [0.717, 1.165) is 17.4 Å². The van der Waals surface area contributed by atoms with Crippen molar-refractivity contribution in [3.8, 4) is 5.75 Å². The van der Waals surface area contributed by atoms with Crippen molar-refractivity contribution in [1.29, 1.82) is 0 Å². The fourth-order valence-corrected chi connectivity index (χ4v) is 4.18. The van der Waals surface area contributed by atoms with Crippen LogP contribution in [0.3, 0.4) is 0 Å². The molecule has 2 rings (SSSR count). The molecule has 0 aliphatic carbocycles. The second-order valence-corrected chi connectivity index (χ2v) is 8.61. The first-order valence-electron chi connectivity index (χ1n) is 8.36. The minimum absolute atomic E-state index is 0.0810. The Morgan fingerprint density at radius 1 is 1.10 bits per heavy atom. The number of benzene rings is 1. The number of sulfonamides is 1. The molecule has 0 aliphatic heterocycles. The fourth-order valence-electron chi connectivity index (χ4n) is 2.11. The van der Waals surface area contributed by atoms with E-state index in [9.17, 15) is 31.2 Å². The molecule has 8 nitrogen and oxygen atoms in total. The molecule has 13 heteroatoms. The molecule has 1 heterocycles. The van der Waals surface area contributed by atoms with Crippen LogP contribution >= 0.6 is 11.3 Å². The number of alkyl halides is 3. The van der Waals surface area contributed by atoms with Crippen LogP contribution < -0.4 is 14.8 Å². The third-order valence-corrected chi connectivity index (χ3v) is 6.28. The Morgan fingerprint density at radius 2 is 1.83 bits per heavy atom. The summed E-state index contributed by atoms with van der Waals surface area (Å²) < 4.78 is 71.8. The topological polar surface area (TPSA) is 111 Å². The zero-order valence-electron chi connectivity index (χ0n) is 15.3. The number of hydrogen-bond acceptors (Lipinski definition) is 7. The van der Waals surface area contributed by atoms with Gasteiger partial charge in [0.05, 0.1) is 6.42 Å². The first kappa shape index (κ1) is 23.6. The van der Waals surface area contributed by atoms with Crippen molar-refractivity contribution in [3.05, 3.63) is 47.3 Å². The Balaban J connectivity index is 1.72. The highest BCUT2D eigenvalue weighted by molar-refractivity contribution is 7.91. The highest BCUT2D eigenvalue weighted by atomic mass is 32.2. The lowest BCUT2D eigenvalue weighted by molar-refractivity contribution is -0.274. The summed E-state index contributed by atoms with van der Waals surface area (Å²) in [5.74, 6) is -2.02. The van der Waals surface area contributed by atoms with Crippen LogP contribution in [-0.4, -0.2) is 39.8 Å². The number of carbonyl (C=O) groups excluding carboxylic acids is 2. The maximum Gasteiger partial charge on any atom is 0.573 e. The molecule has 0 saturated carbocycles.